The molecule has 1 aliphatic carbocycles. The van der Waals surface area contributed by atoms with Crippen molar-refractivity contribution in [2.75, 3.05) is 4.90 Å². The van der Waals surface area contributed by atoms with Gasteiger partial charge in [0.1, 0.15) is 27.9 Å². The quantitative estimate of drug-likeness (QED) is 0.174. The lowest BCUT2D eigenvalue weighted by Crippen LogP contribution is -2.31. The van der Waals surface area contributed by atoms with Crippen LogP contribution in [0.25, 0.3) is 66.3 Å². The van der Waals surface area contributed by atoms with Crippen molar-refractivity contribution < 1.29 is 13.6 Å². The van der Waals surface area contributed by atoms with Gasteiger partial charge in [0.25, 0.3) is 0 Å². The van der Waals surface area contributed by atoms with E-state index in [2.05, 4.69) is 199 Å². The van der Waals surface area contributed by atoms with Crippen molar-refractivity contribution >= 4 is 50.0 Å². The second-order valence-electron chi connectivity index (χ2n) is 16.0. The first-order chi connectivity index (χ1) is 30.2. The maximum atomic E-state index is 7.23. The monoisotopic (exact) mass is 781 g/mol. The first-order valence-corrected chi connectivity index (χ1v) is 20.7. The maximum Gasteiger partial charge on any atom is 0.178 e. The standard InChI is InChI=1S/C57H35NO3/c1-2-12-36(13-3-1)37-22-24-38(25-23-37)39-26-28-40(29-27-39)58(41-31-33-52-47(34-41)45-16-6-10-20-51(45)59-52)42-30-32-46-54(35-42)61-56-55(46)60-53-21-11-9-19-50(53)57(56)48-17-7-4-14-43(48)44-15-5-8-18-49(44)57/h1-35H. The van der Waals surface area contributed by atoms with E-state index < -0.39 is 5.41 Å². The molecule has 0 atom stereocenters. The van der Waals surface area contributed by atoms with Gasteiger partial charge in [-0.05, 0) is 99.1 Å². The van der Waals surface area contributed by atoms with Crippen LogP contribution in [-0.4, -0.2) is 0 Å². The smallest absolute Gasteiger partial charge is 0.178 e. The number of fused-ring (bicyclic) bond motifs is 14. The molecule has 11 aromatic rings. The molecule has 0 saturated carbocycles. The van der Waals surface area contributed by atoms with Crippen molar-refractivity contribution in [3.63, 3.8) is 0 Å². The number of hydrogen-bond donors (Lipinski definition) is 0. The van der Waals surface area contributed by atoms with Gasteiger partial charge in [-0.25, -0.2) is 0 Å². The van der Waals surface area contributed by atoms with Gasteiger partial charge in [0.15, 0.2) is 11.5 Å². The van der Waals surface area contributed by atoms with Crippen LogP contribution < -0.4 is 9.64 Å². The predicted octanol–water partition coefficient (Wildman–Crippen LogP) is 15.6. The Morgan fingerprint density at radius 2 is 0.885 bits per heavy atom. The second-order valence-corrected chi connectivity index (χ2v) is 16.0. The van der Waals surface area contributed by atoms with Gasteiger partial charge in [-0.2, -0.15) is 0 Å². The second kappa shape index (κ2) is 13.0. The Morgan fingerprint density at radius 1 is 0.344 bits per heavy atom. The molecule has 2 aromatic heterocycles. The summed E-state index contributed by atoms with van der Waals surface area (Å²) in [5.41, 5.74) is 15.4. The third-order valence-electron chi connectivity index (χ3n) is 12.8. The summed E-state index contributed by atoms with van der Waals surface area (Å²) < 4.78 is 20.4. The Labute approximate surface area is 352 Å². The maximum absolute atomic E-state index is 7.23. The van der Waals surface area contributed by atoms with E-state index in [-0.39, 0.29) is 0 Å². The summed E-state index contributed by atoms with van der Waals surface area (Å²) in [5.74, 6) is 2.40. The van der Waals surface area contributed by atoms with Crippen LogP contribution in [0.15, 0.2) is 221 Å². The highest BCUT2D eigenvalue weighted by molar-refractivity contribution is 6.07. The SMILES string of the molecule is c1ccc(-c2ccc(-c3ccc(N(c4ccc5c6c(oc5c4)C4(c5ccccc5O6)c5ccccc5-c5ccccc54)c4ccc5oc6ccccc6c5c4)cc3)cc2)cc1. The van der Waals surface area contributed by atoms with Crippen LogP contribution in [-0.2, 0) is 5.41 Å². The van der Waals surface area contributed by atoms with Crippen molar-refractivity contribution in [3.8, 4) is 44.9 Å². The van der Waals surface area contributed by atoms with Crippen LogP contribution in [0.4, 0.5) is 17.1 Å². The molecule has 61 heavy (non-hydrogen) atoms. The topological polar surface area (TPSA) is 38.8 Å². The minimum absolute atomic E-state index is 0.682. The van der Waals surface area contributed by atoms with Gasteiger partial charge < -0.3 is 18.5 Å². The van der Waals surface area contributed by atoms with Crippen molar-refractivity contribution in [2.24, 2.45) is 0 Å². The number of ether oxygens (including phenoxy) is 1. The zero-order valence-corrected chi connectivity index (χ0v) is 32.9. The fourth-order valence-corrected chi connectivity index (χ4v) is 10.0. The van der Waals surface area contributed by atoms with Gasteiger partial charge in [0, 0.05) is 39.5 Å². The lowest BCUT2D eigenvalue weighted by Gasteiger charge is -2.36. The predicted molar refractivity (Wildman–Crippen MR) is 246 cm³/mol. The number of para-hydroxylation sites is 2. The number of furan rings is 2. The summed E-state index contributed by atoms with van der Waals surface area (Å²) in [6, 6.07) is 75.2. The molecule has 4 nitrogen and oxygen atoms in total. The molecule has 0 fully saturated rings. The molecule has 0 N–H and O–H groups in total. The third kappa shape index (κ3) is 4.93. The van der Waals surface area contributed by atoms with E-state index in [1.54, 1.807) is 0 Å². The Balaban J connectivity index is 0.979. The van der Waals surface area contributed by atoms with Gasteiger partial charge in [-0.3, -0.25) is 0 Å². The fourth-order valence-electron chi connectivity index (χ4n) is 10.0. The first-order valence-electron chi connectivity index (χ1n) is 20.7. The Kier molecular flexibility index (Phi) is 7.19. The van der Waals surface area contributed by atoms with Crippen LogP contribution in [0.5, 0.6) is 11.5 Å². The molecule has 3 heterocycles. The zero-order chi connectivity index (χ0) is 40.1. The zero-order valence-electron chi connectivity index (χ0n) is 32.9. The molecule has 0 unspecified atom stereocenters. The number of hydrogen-bond acceptors (Lipinski definition) is 4. The summed E-state index contributed by atoms with van der Waals surface area (Å²) in [6.45, 7) is 0. The lowest BCUT2D eigenvalue weighted by molar-refractivity contribution is 0.389. The van der Waals surface area contributed by atoms with E-state index in [1.807, 2.05) is 18.2 Å². The van der Waals surface area contributed by atoms with Crippen molar-refractivity contribution in [1.29, 1.82) is 0 Å². The first kappa shape index (κ1) is 33.8. The minimum Gasteiger partial charge on any atom is -0.456 e. The number of benzene rings is 9. The summed E-state index contributed by atoms with van der Waals surface area (Å²) in [5, 5.41) is 3.08. The Hall–Kier alpha value is -8.08. The molecule has 0 radical (unpaired) electrons. The fraction of sp³-hybridized carbons (Fsp3) is 0.0175. The molecule has 2 aliphatic rings. The van der Waals surface area contributed by atoms with E-state index >= 15 is 0 Å². The van der Waals surface area contributed by atoms with Crippen LogP contribution in [0.1, 0.15) is 22.5 Å². The highest BCUT2D eigenvalue weighted by Gasteiger charge is 2.54. The number of rotatable bonds is 5. The molecule has 0 amide bonds. The summed E-state index contributed by atoms with van der Waals surface area (Å²) in [4.78, 5) is 2.30. The molecule has 9 aromatic carbocycles. The van der Waals surface area contributed by atoms with Crippen LogP contribution in [0, 0.1) is 0 Å². The van der Waals surface area contributed by atoms with Crippen LogP contribution in [0.2, 0.25) is 0 Å². The van der Waals surface area contributed by atoms with Gasteiger partial charge in [0.05, 0.1) is 5.39 Å². The van der Waals surface area contributed by atoms with Gasteiger partial charge in [-0.1, -0.05) is 152 Å². The van der Waals surface area contributed by atoms with E-state index in [0.29, 0.717) is 0 Å². The van der Waals surface area contributed by atoms with E-state index in [9.17, 15) is 0 Å². The minimum atomic E-state index is -0.682. The lowest BCUT2D eigenvalue weighted by atomic mass is 9.69. The number of nitrogens with zero attached hydrogens (tertiary/aromatic N) is 1. The van der Waals surface area contributed by atoms with Crippen molar-refractivity contribution in [1.82, 2.24) is 0 Å². The molecular weight excluding hydrogens is 747 g/mol. The average molecular weight is 782 g/mol. The normalized spacial score (nSPS) is 13.2. The van der Waals surface area contributed by atoms with Crippen LogP contribution in [0.3, 0.4) is 0 Å². The summed E-state index contributed by atoms with van der Waals surface area (Å²) >= 11 is 0. The molecule has 13 rings (SSSR count). The highest BCUT2D eigenvalue weighted by atomic mass is 16.5. The van der Waals surface area contributed by atoms with Crippen molar-refractivity contribution in [2.45, 2.75) is 5.41 Å². The largest absolute Gasteiger partial charge is 0.456 e. The molecule has 1 aliphatic heterocycles. The molecule has 0 saturated heterocycles. The molecule has 286 valence electrons. The highest BCUT2D eigenvalue weighted by Crippen LogP contribution is 2.63. The van der Waals surface area contributed by atoms with E-state index in [1.165, 1.54) is 33.4 Å². The Bertz CT molecular complexity index is 3460. The molecule has 0 bridgehead atoms. The molecule has 1 spiro atoms. The number of anilines is 3. The molecule has 4 heteroatoms. The van der Waals surface area contributed by atoms with Gasteiger partial charge >= 0.3 is 0 Å². The van der Waals surface area contributed by atoms with Gasteiger partial charge in [0.2, 0.25) is 0 Å². The summed E-state index contributed by atoms with van der Waals surface area (Å²) in [7, 11) is 0. The third-order valence-corrected chi connectivity index (χ3v) is 12.8. The van der Waals surface area contributed by atoms with E-state index in [0.717, 1.165) is 83.9 Å². The van der Waals surface area contributed by atoms with E-state index in [4.69, 9.17) is 13.6 Å². The van der Waals surface area contributed by atoms with Crippen molar-refractivity contribution in [3.05, 3.63) is 235 Å². The average Bonchev–Trinajstić information content (AvgIpc) is 3.98. The Morgan fingerprint density at radius 3 is 1.62 bits per heavy atom. The molecular formula is C57H35NO3. The summed E-state index contributed by atoms with van der Waals surface area (Å²) in [6.07, 6.45) is 0. The van der Waals surface area contributed by atoms with Gasteiger partial charge in [-0.15, -0.1) is 0 Å². The van der Waals surface area contributed by atoms with Crippen LogP contribution >= 0.6 is 0 Å².